The van der Waals surface area contributed by atoms with Gasteiger partial charge < -0.3 is 4.57 Å². The topological polar surface area (TPSA) is 48.5 Å². The quantitative estimate of drug-likeness (QED) is 0.198. The number of rotatable bonds is 4. The summed E-state index contributed by atoms with van der Waals surface area (Å²) in [4.78, 5) is 15.2. The Labute approximate surface area is 276 Å². The molecular weight excluding hydrogens is 587 g/mol. The van der Waals surface area contributed by atoms with Crippen molar-refractivity contribution in [3.05, 3.63) is 164 Å². The Morgan fingerprint density at radius 2 is 0.917 bits per heavy atom. The van der Waals surface area contributed by atoms with Crippen molar-refractivity contribution in [3.8, 4) is 34.4 Å². The lowest BCUT2D eigenvalue weighted by Gasteiger charge is -2.11. The number of benzene rings is 7. The van der Waals surface area contributed by atoms with Crippen LogP contribution in [-0.4, -0.2) is 24.1 Å². The standard InChI is InChI=1S/C43H27N5/c1-4-14-28(15-5-1)41-44-42(29-16-6-2-7-17-29)46-43(45-41)48-36-22-12-10-20-32(36)35-27-34-30(26-39(35)48)24-25-38-40(34)33-21-11-13-23-37(33)47(38)31-18-8-3-9-19-31/h1-27H. The first-order chi connectivity index (χ1) is 23.8. The van der Waals surface area contributed by atoms with Crippen LogP contribution >= 0.6 is 0 Å². The van der Waals surface area contributed by atoms with Gasteiger partial charge in [-0.15, -0.1) is 0 Å². The summed E-state index contributed by atoms with van der Waals surface area (Å²) in [6.45, 7) is 0. The zero-order chi connectivity index (χ0) is 31.6. The molecule has 0 radical (unpaired) electrons. The molecule has 10 aromatic rings. The minimum absolute atomic E-state index is 0.593. The average Bonchev–Trinajstić information content (AvgIpc) is 3.67. The van der Waals surface area contributed by atoms with Crippen LogP contribution in [0.15, 0.2) is 164 Å². The smallest absolute Gasteiger partial charge is 0.238 e. The van der Waals surface area contributed by atoms with E-state index in [-0.39, 0.29) is 0 Å². The average molecular weight is 614 g/mol. The minimum atomic E-state index is 0.593. The first-order valence-electron chi connectivity index (χ1n) is 16.1. The summed E-state index contributed by atoms with van der Waals surface area (Å²) >= 11 is 0. The normalized spacial score (nSPS) is 11.8. The first kappa shape index (κ1) is 26.6. The summed E-state index contributed by atoms with van der Waals surface area (Å²) in [5.74, 6) is 1.87. The molecule has 0 fully saturated rings. The monoisotopic (exact) mass is 613 g/mol. The predicted octanol–water partition coefficient (Wildman–Crippen LogP) is 10.6. The molecule has 0 aliphatic heterocycles. The molecule has 0 unspecified atom stereocenters. The van der Waals surface area contributed by atoms with Crippen molar-refractivity contribution in [2.75, 3.05) is 0 Å². The Bertz CT molecular complexity index is 2760. The molecule has 5 nitrogen and oxygen atoms in total. The van der Waals surface area contributed by atoms with Gasteiger partial charge in [-0.1, -0.05) is 121 Å². The van der Waals surface area contributed by atoms with Crippen LogP contribution in [-0.2, 0) is 0 Å². The van der Waals surface area contributed by atoms with Crippen LogP contribution in [0.1, 0.15) is 0 Å². The van der Waals surface area contributed by atoms with Crippen LogP contribution in [0.25, 0.3) is 88.8 Å². The van der Waals surface area contributed by atoms with Gasteiger partial charge in [0.25, 0.3) is 0 Å². The predicted molar refractivity (Wildman–Crippen MR) is 197 cm³/mol. The third-order valence-electron chi connectivity index (χ3n) is 9.35. The lowest BCUT2D eigenvalue weighted by atomic mass is 10.0. The van der Waals surface area contributed by atoms with Crippen LogP contribution in [0.2, 0.25) is 0 Å². The zero-order valence-electron chi connectivity index (χ0n) is 25.8. The molecule has 224 valence electrons. The molecule has 0 saturated carbocycles. The summed E-state index contributed by atoms with van der Waals surface area (Å²) in [6, 6.07) is 57.3. The van der Waals surface area contributed by atoms with E-state index in [4.69, 9.17) is 15.0 Å². The van der Waals surface area contributed by atoms with E-state index in [1.165, 1.54) is 27.2 Å². The fourth-order valence-electron chi connectivity index (χ4n) is 7.22. The molecule has 48 heavy (non-hydrogen) atoms. The second kappa shape index (κ2) is 10.5. The number of aromatic nitrogens is 5. The molecule has 3 heterocycles. The van der Waals surface area contributed by atoms with E-state index < -0.39 is 0 Å². The number of hydrogen-bond acceptors (Lipinski definition) is 3. The van der Waals surface area contributed by atoms with E-state index in [1.807, 2.05) is 60.7 Å². The van der Waals surface area contributed by atoms with E-state index in [0.29, 0.717) is 17.6 Å². The second-order valence-electron chi connectivity index (χ2n) is 12.1. The molecule has 0 aliphatic rings. The number of nitrogens with zero attached hydrogens (tertiary/aromatic N) is 5. The fraction of sp³-hybridized carbons (Fsp3) is 0. The molecule has 0 aliphatic carbocycles. The highest BCUT2D eigenvalue weighted by atomic mass is 15.2. The van der Waals surface area contributed by atoms with Crippen LogP contribution in [0.4, 0.5) is 0 Å². The Kier molecular flexibility index (Phi) is 5.81. The lowest BCUT2D eigenvalue weighted by molar-refractivity contribution is 0.954. The first-order valence-corrected chi connectivity index (χ1v) is 16.1. The van der Waals surface area contributed by atoms with Gasteiger partial charge in [-0.3, -0.25) is 4.57 Å². The number of hydrogen-bond donors (Lipinski definition) is 0. The van der Waals surface area contributed by atoms with Gasteiger partial charge in [0.1, 0.15) is 0 Å². The van der Waals surface area contributed by atoms with E-state index in [2.05, 4.69) is 112 Å². The second-order valence-corrected chi connectivity index (χ2v) is 12.1. The maximum Gasteiger partial charge on any atom is 0.238 e. The van der Waals surface area contributed by atoms with E-state index >= 15 is 0 Å². The SMILES string of the molecule is c1ccc(-c2nc(-c3ccccc3)nc(-n3c4ccccc4c4cc5c(ccc6c5c5ccccc5n6-c5ccccc5)cc43)n2)cc1. The van der Waals surface area contributed by atoms with Crippen LogP contribution in [0.5, 0.6) is 0 Å². The van der Waals surface area contributed by atoms with Gasteiger partial charge in [-0.25, -0.2) is 4.98 Å². The van der Waals surface area contributed by atoms with Gasteiger partial charge in [0.05, 0.1) is 22.1 Å². The molecular formula is C43H27N5. The van der Waals surface area contributed by atoms with Gasteiger partial charge in [0, 0.05) is 38.4 Å². The van der Waals surface area contributed by atoms with Crippen LogP contribution in [0, 0.1) is 0 Å². The van der Waals surface area contributed by atoms with Crippen molar-refractivity contribution in [1.29, 1.82) is 0 Å². The summed E-state index contributed by atoms with van der Waals surface area (Å²) in [7, 11) is 0. The van der Waals surface area contributed by atoms with Crippen molar-refractivity contribution >= 4 is 54.4 Å². The van der Waals surface area contributed by atoms with Gasteiger partial charge in [0.2, 0.25) is 5.95 Å². The summed E-state index contributed by atoms with van der Waals surface area (Å²) < 4.78 is 4.57. The summed E-state index contributed by atoms with van der Waals surface area (Å²) in [5.41, 5.74) is 7.54. The van der Waals surface area contributed by atoms with Gasteiger partial charge in [0.15, 0.2) is 11.6 Å². The van der Waals surface area contributed by atoms with Crippen LogP contribution in [0.3, 0.4) is 0 Å². The Balaban J connectivity index is 1.30. The van der Waals surface area contributed by atoms with Crippen molar-refractivity contribution in [2.24, 2.45) is 0 Å². The van der Waals surface area contributed by atoms with Crippen molar-refractivity contribution in [3.63, 3.8) is 0 Å². The maximum absolute atomic E-state index is 5.12. The lowest BCUT2D eigenvalue weighted by Crippen LogP contribution is -2.06. The molecule has 7 aromatic carbocycles. The van der Waals surface area contributed by atoms with Crippen molar-refractivity contribution < 1.29 is 0 Å². The third-order valence-corrected chi connectivity index (χ3v) is 9.35. The molecule has 3 aromatic heterocycles. The molecule has 0 saturated heterocycles. The van der Waals surface area contributed by atoms with Gasteiger partial charge in [-0.05, 0) is 53.2 Å². The van der Waals surface area contributed by atoms with Crippen LogP contribution < -0.4 is 0 Å². The molecule has 0 amide bonds. The highest BCUT2D eigenvalue weighted by Gasteiger charge is 2.20. The Morgan fingerprint density at radius 3 is 1.58 bits per heavy atom. The molecule has 0 spiro atoms. The molecule has 0 atom stereocenters. The molecule has 0 N–H and O–H groups in total. The fourth-order valence-corrected chi connectivity index (χ4v) is 7.22. The number of para-hydroxylation sites is 3. The zero-order valence-corrected chi connectivity index (χ0v) is 25.8. The number of fused-ring (bicyclic) bond motifs is 8. The maximum atomic E-state index is 5.12. The van der Waals surface area contributed by atoms with E-state index in [0.717, 1.165) is 44.0 Å². The van der Waals surface area contributed by atoms with Gasteiger partial charge >= 0.3 is 0 Å². The van der Waals surface area contributed by atoms with E-state index in [9.17, 15) is 0 Å². The molecule has 5 heteroatoms. The van der Waals surface area contributed by atoms with Crippen molar-refractivity contribution in [2.45, 2.75) is 0 Å². The summed E-state index contributed by atoms with van der Waals surface area (Å²) in [6.07, 6.45) is 0. The highest BCUT2D eigenvalue weighted by Crippen LogP contribution is 2.41. The highest BCUT2D eigenvalue weighted by molar-refractivity contribution is 6.25. The Hall–Kier alpha value is -6.59. The van der Waals surface area contributed by atoms with Gasteiger partial charge in [-0.2, -0.15) is 9.97 Å². The van der Waals surface area contributed by atoms with Crippen molar-refractivity contribution in [1.82, 2.24) is 24.1 Å². The molecule has 0 bridgehead atoms. The minimum Gasteiger partial charge on any atom is -0.309 e. The third kappa shape index (κ3) is 4.01. The largest absolute Gasteiger partial charge is 0.309 e. The van der Waals surface area contributed by atoms with E-state index in [1.54, 1.807) is 0 Å². The summed E-state index contributed by atoms with van der Waals surface area (Å²) in [5, 5.41) is 7.19. The Morgan fingerprint density at radius 1 is 0.354 bits per heavy atom. The molecule has 10 rings (SSSR count).